The molecule has 0 bridgehead atoms. The minimum Gasteiger partial charge on any atom is -0.272 e. The van der Waals surface area contributed by atoms with Gasteiger partial charge in [0.2, 0.25) is 0 Å². The first-order valence-corrected chi connectivity index (χ1v) is 8.66. The van der Waals surface area contributed by atoms with Gasteiger partial charge in [-0.1, -0.05) is 45.8 Å². The van der Waals surface area contributed by atoms with Gasteiger partial charge in [-0.25, -0.2) is 12.7 Å². The summed E-state index contributed by atoms with van der Waals surface area (Å²) < 4.78 is 25.3. The van der Waals surface area contributed by atoms with E-state index >= 15 is 0 Å². The van der Waals surface area contributed by atoms with Crippen molar-refractivity contribution in [3.63, 3.8) is 0 Å². The molecule has 0 atom stereocenters. The normalized spacial score (nSPS) is 12.0. The number of hydrogen-bond acceptors (Lipinski definition) is 3. The molecule has 0 aliphatic rings. The summed E-state index contributed by atoms with van der Waals surface area (Å²) >= 11 is 3.23. The summed E-state index contributed by atoms with van der Waals surface area (Å²) in [5, 5.41) is 0. The van der Waals surface area contributed by atoms with Gasteiger partial charge in [-0.15, -0.1) is 0 Å². The molecule has 1 amide bonds. The van der Waals surface area contributed by atoms with Gasteiger partial charge in [-0.3, -0.25) is 4.79 Å². The van der Waals surface area contributed by atoms with E-state index in [1.807, 2.05) is 6.92 Å². The van der Waals surface area contributed by atoms with Gasteiger partial charge in [0, 0.05) is 0 Å². The number of hydrogen-bond donors (Lipinski definition) is 0. The Labute approximate surface area is 135 Å². The Morgan fingerprint density at radius 3 is 2.14 bits per heavy atom. The summed E-state index contributed by atoms with van der Waals surface area (Å²) in [5.74, 6) is -0.522. The second kappa shape index (κ2) is 6.32. The monoisotopic (exact) mass is 373 g/mol. The molecule has 4 nitrogen and oxygen atoms in total. The zero-order valence-corrected chi connectivity index (χ0v) is 15.1. The summed E-state index contributed by atoms with van der Waals surface area (Å²) in [6.45, 7) is 10.5. The molecule has 0 saturated carbocycles. The van der Waals surface area contributed by atoms with Crippen molar-refractivity contribution in [2.75, 3.05) is 6.54 Å². The van der Waals surface area contributed by atoms with Crippen LogP contribution in [-0.4, -0.2) is 29.5 Å². The number of halogens is 1. The number of amides is 1. The highest BCUT2D eigenvalue weighted by Crippen LogP contribution is 2.25. The first kappa shape index (κ1) is 17.9. The van der Waals surface area contributed by atoms with Crippen LogP contribution in [0, 0.1) is 6.92 Å². The number of carbonyl (C=O) groups is 1. The third-order valence-corrected chi connectivity index (χ3v) is 4.84. The maximum absolute atomic E-state index is 12.7. The van der Waals surface area contributed by atoms with Crippen LogP contribution >= 0.6 is 15.9 Å². The van der Waals surface area contributed by atoms with E-state index in [2.05, 4.69) is 22.5 Å². The Morgan fingerprint density at radius 2 is 1.76 bits per heavy atom. The Hall–Kier alpha value is -1.14. The van der Waals surface area contributed by atoms with Crippen LogP contribution in [0.25, 0.3) is 0 Å². The molecule has 0 aromatic heterocycles. The Kier molecular flexibility index (Phi) is 5.39. The predicted octanol–water partition coefficient (Wildman–Crippen LogP) is 3.26. The van der Waals surface area contributed by atoms with Crippen molar-refractivity contribution in [3.8, 4) is 0 Å². The van der Waals surface area contributed by atoms with Gasteiger partial charge in [-0.05, 0) is 39.8 Å². The Morgan fingerprint density at radius 1 is 1.29 bits per heavy atom. The lowest BCUT2D eigenvalue weighted by Crippen LogP contribution is -2.45. The summed E-state index contributed by atoms with van der Waals surface area (Å²) in [6.07, 6.45) is 0. The number of carbonyl (C=O) groups excluding carboxylic acids is 1. The first-order chi connectivity index (χ1) is 9.46. The molecule has 1 aromatic carbocycles. The number of benzene rings is 1. The topological polar surface area (TPSA) is 54.5 Å². The smallest absolute Gasteiger partial charge is 0.266 e. The van der Waals surface area contributed by atoms with Crippen LogP contribution in [0.2, 0.25) is 0 Å². The molecule has 0 heterocycles. The fourth-order valence-electron chi connectivity index (χ4n) is 1.65. The number of sulfonamides is 1. The van der Waals surface area contributed by atoms with E-state index in [1.54, 1.807) is 32.9 Å². The molecular weight excluding hydrogens is 354 g/mol. The van der Waals surface area contributed by atoms with Crippen LogP contribution in [-0.2, 0) is 14.8 Å². The minimum absolute atomic E-state index is 0.0376. The van der Waals surface area contributed by atoms with Gasteiger partial charge < -0.3 is 0 Å². The first-order valence-electron chi connectivity index (χ1n) is 6.43. The second-order valence-electron chi connectivity index (χ2n) is 5.56. The van der Waals surface area contributed by atoms with Crippen LogP contribution in [0.5, 0.6) is 0 Å². The molecular formula is C15H20BrNO3S. The van der Waals surface area contributed by atoms with Crippen LogP contribution in [0.3, 0.4) is 0 Å². The molecule has 1 aromatic rings. The van der Waals surface area contributed by atoms with Gasteiger partial charge >= 0.3 is 0 Å². The number of aryl methyl sites for hydroxylation is 1. The SMILES string of the molecule is C=C(C)CN(C(=O)C(C)(C)Br)S(=O)(=O)c1ccc(C)cc1. The van der Waals surface area contributed by atoms with E-state index in [4.69, 9.17) is 0 Å². The molecule has 0 fully saturated rings. The number of nitrogens with zero attached hydrogens (tertiary/aromatic N) is 1. The zero-order chi connectivity index (χ0) is 16.4. The molecule has 1 rings (SSSR count). The van der Waals surface area contributed by atoms with Crippen molar-refractivity contribution in [1.82, 2.24) is 4.31 Å². The largest absolute Gasteiger partial charge is 0.272 e. The standard InChI is InChI=1S/C15H20BrNO3S/c1-11(2)10-17(14(18)15(4,5)16)21(19,20)13-8-6-12(3)7-9-13/h6-9H,1,10H2,2-5H3. The van der Waals surface area contributed by atoms with Crippen LogP contribution < -0.4 is 0 Å². The molecule has 0 radical (unpaired) electrons. The average Bonchev–Trinajstić information content (AvgIpc) is 2.34. The van der Waals surface area contributed by atoms with Gasteiger partial charge in [0.25, 0.3) is 15.9 Å². The minimum atomic E-state index is -3.90. The van der Waals surface area contributed by atoms with E-state index < -0.39 is 20.3 Å². The average molecular weight is 374 g/mol. The van der Waals surface area contributed by atoms with E-state index in [1.165, 1.54) is 12.1 Å². The van der Waals surface area contributed by atoms with E-state index in [0.29, 0.717) is 5.57 Å². The fraction of sp³-hybridized carbons (Fsp3) is 0.400. The maximum Gasteiger partial charge on any atom is 0.266 e. The van der Waals surface area contributed by atoms with Gasteiger partial charge in [-0.2, -0.15) is 0 Å². The van der Waals surface area contributed by atoms with Crippen LogP contribution in [0.15, 0.2) is 41.3 Å². The van der Waals surface area contributed by atoms with Crippen molar-refractivity contribution >= 4 is 31.9 Å². The molecule has 0 N–H and O–H groups in total. The Balaban J connectivity index is 3.33. The molecule has 0 spiro atoms. The zero-order valence-electron chi connectivity index (χ0n) is 12.7. The van der Waals surface area contributed by atoms with Crippen molar-refractivity contribution in [1.29, 1.82) is 0 Å². The van der Waals surface area contributed by atoms with Crippen molar-refractivity contribution in [2.24, 2.45) is 0 Å². The molecule has 0 unspecified atom stereocenters. The lowest BCUT2D eigenvalue weighted by atomic mass is 10.2. The third kappa shape index (κ3) is 4.41. The molecule has 21 heavy (non-hydrogen) atoms. The summed E-state index contributed by atoms with van der Waals surface area (Å²) in [7, 11) is -3.90. The highest BCUT2D eigenvalue weighted by molar-refractivity contribution is 9.10. The lowest BCUT2D eigenvalue weighted by molar-refractivity contribution is -0.127. The fourth-order valence-corrected chi connectivity index (χ4v) is 3.55. The highest BCUT2D eigenvalue weighted by atomic mass is 79.9. The van der Waals surface area contributed by atoms with Crippen LogP contribution in [0.4, 0.5) is 0 Å². The molecule has 0 aliphatic heterocycles. The third-order valence-electron chi connectivity index (χ3n) is 2.76. The Bertz CT molecular complexity index is 642. The van der Waals surface area contributed by atoms with E-state index in [-0.39, 0.29) is 11.4 Å². The molecule has 6 heteroatoms. The predicted molar refractivity (Wildman–Crippen MR) is 87.9 cm³/mol. The van der Waals surface area contributed by atoms with Gasteiger partial charge in [0.1, 0.15) is 0 Å². The number of alkyl halides is 1. The van der Waals surface area contributed by atoms with E-state index in [0.717, 1.165) is 9.87 Å². The van der Waals surface area contributed by atoms with Crippen molar-refractivity contribution in [2.45, 2.75) is 36.9 Å². The second-order valence-corrected chi connectivity index (χ2v) is 9.40. The summed E-state index contributed by atoms with van der Waals surface area (Å²) in [5.41, 5.74) is 1.54. The molecule has 0 aliphatic carbocycles. The van der Waals surface area contributed by atoms with Gasteiger partial charge in [0.05, 0.1) is 15.8 Å². The lowest BCUT2D eigenvalue weighted by Gasteiger charge is -2.28. The van der Waals surface area contributed by atoms with Crippen molar-refractivity contribution < 1.29 is 13.2 Å². The quantitative estimate of drug-likeness (QED) is 0.587. The summed E-state index contributed by atoms with van der Waals surface area (Å²) in [6, 6.07) is 6.42. The molecule has 116 valence electrons. The number of rotatable bonds is 5. The molecule has 0 saturated heterocycles. The summed E-state index contributed by atoms with van der Waals surface area (Å²) in [4.78, 5) is 12.5. The van der Waals surface area contributed by atoms with Gasteiger partial charge in [0.15, 0.2) is 0 Å². The van der Waals surface area contributed by atoms with E-state index in [9.17, 15) is 13.2 Å². The highest BCUT2D eigenvalue weighted by Gasteiger charge is 2.37. The van der Waals surface area contributed by atoms with Crippen molar-refractivity contribution in [3.05, 3.63) is 42.0 Å². The maximum atomic E-state index is 12.7. The van der Waals surface area contributed by atoms with Crippen LogP contribution in [0.1, 0.15) is 26.3 Å².